The summed E-state index contributed by atoms with van der Waals surface area (Å²) in [5.74, 6) is -1.02. The number of rotatable bonds is 9. The second-order valence-electron chi connectivity index (χ2n) is 17.7. The van der Waals surface area contributed by atoms with Crippen LogP contribution in [-0.4, -0.2) is 95.3 Å². The SMILES string of the molecule is COc1ccc2c(O[C@@H]3C[C@H]4C(=O)N[C@]5(C(=O)NS(=O)(=O)C6CC6)CC5/C=C\CCCCC[C@H](NC(=O)OC(C)(C)C)C(=O)N4C3)cc(-c3nc(C(C)C)cs3)nc2c1C. The van der Waals surface area contributed by atoms with Gasteiger partial charge < -0.3 is 29.7 Å². The van der Waals surface area contributed by atoms with Crippen LogP contribution in [0.4, 0.5) is 4.79 Å². The normalized spacial score (nSPS) is 25.6. The number of benzene rings is 1. The Hall–Kier alpha value is -4.77. The Balaban J connectivity index is 1.25. The van der Waals surface area contributed by atoms with Crippen molar-refractivity contribution in [2.45, 2.75) is 140 Å². The number of hydrogen-bond acceptors (Lipinski definition) is 12. The van der Waals surface area contributed by atoms with E-state index in [0.717, 1.165) is 24.1 Å². The minimum absolute atomic E-state index is 0.0228. The van der Waals surface area contributed by atoms with Crippen molar-refractivity contribution in [3.05, 3.63) is 47.0 Å². The molecule has 60 heavy (non-hydrogen) atoms. The number of carbonyl (C=O) groups excluding carboxylic acids is 4. The molecule has 2 saturated carbocycles. The molecule has 4 aliphatic rings. The van der Waals surface area contributed by atoms with Crippen LogP contribution in [0.3, 0.4) is 0 Å². The van der Waals surface area contributed by atoms with E-state index in [-0.39, 0.29) is 25.3 Å². The fraction of sp³-hybridized carbons (Fsp3) is 0.581. The van der Waals surface area contributed by atoms with Crippen molar-refractivity contribution in [1.29, 1.82) is 0 Å². The van der Waals surface area contributed by atoms with Crippen LogP contribution >= 0.6 is 11.3 Å². The molecule has 324 valence electrons. The zero-order valence-corrected chi connectivity index (χ0v) is 37.0. The molecule has 2 aromatic heterocycles. The van der Waals surface area contributed by atoms with Gasteiger partial charge in [0.25, 0.3) is 5.91 Å². The van der Waals surface area contributed by atoms with Crippen LogP contribution in [0.25, 0.3) is 21.6 Å². The van der Waals surface area contributed by atoms with Gasteiger partial charge in [0.1, 0.15) is 51.5 Å². The standard InChI is InChI=1S/C43H56N6O9S2/c1-24(2)32-23-59-38(45-32)31-20-35(29-17-18-34(56-7)25(3)36(29)44-31)57-27-19-33-37(50)47-43(40(52)48-60(54,55)28-15-16-28)21-26(43)13-11-9-8-10-12-14-30(39(51)49(33)22-27)46-41(53)58-42(4,5)6/h11,13,17-18,20,23-24,26-28,30,33H,8-10,12,14-16,19,21-22H2,1-7H3,(H,46,53)(H,47,50)(H,48,52)/b13-11-/t26?,27-,30+,33+,43-/m1/s1. The molecule has 3 N–H and O–H groups in total. The molecular formula is C43H56N6O9S2. The van der Waals surface area contributed by atoms with Crippen molar-refractivity contribution in [3.63, 3.8) is 0 Å². The van der Waals surface area contributed by atoms with Gasteiger partial charge in [0.2, 0.25) is 21.8 Å². The predicted molar refractivity (Wildman–Crippen MR) is 227 cm³/mol. The lowest BCUT2D eigenvalue weighted by atomic mass is 10.0. The van der Waals surface area contributed by atoms with Gasteiger partial charge in [-0.3, -0.25) is 19.1 Å². The number of aryl methyl sites for hydroxylation is 1. The summed E-state index contributed by atoms with van der Waals surface area (Å²) in [4.78, 5) is 67.6. The van der Waals surface area contributed by atoms with Gasteiger partial charge in [0, 0.05) is 34.7 Å². The molecule has 7 rings (SSSR count). The minimum atomic E-state index is -3.91. The van der Waals surface area contributed by atoms with Gasteiger partial charge in [-0.25, -0.2) is 23.2 Å². The lowest BCUT2D eigenvalue weighted by Crippen LogP contribution is -2.58. The average Bonchev–Trinajstić information content (AvgIpc) is 4.05. The number of pyridine rings is 1. The van der Waals surface area contributed by atoms with Crippen molar-refractivity contribution in [3.8, 4) is 22.2 Å². The van der Waals surface area contributed by atoms with Crippen molar-refractivity contribution in [2.75, 3.05) is 13.7 Å². The number of carbonyl (C=O) groups is 4. The van der Waals surface area contributed by atoms with Crippen LogP contribution < -0.4 is 24.8 Å². The highest BCUT2D eigenvalue weighted by Gasteiger charge is 2.62. The van der Waals surface area contributed by atoms with Crippen molar-refractivity contribution in [2.24, 2.45) is 5.92 Å². The van der Waals surface area contributed by atoms with Gasteiger partial charge in [0.05, 0.1) is 30.1 Å². The zero-order valence-electron chi connectivity index (χ0n) is 35.3. The summed E-state index contributed by atoms with van der Waals surface area (Å²) >= 11 is 1.48. The predicted octanol–water partition coefficient (Wildman–Crippen LogP) is 6.04. The third-order valence-corrected chi connectivity index (χ3v) is 14.2. The number of thiazole rings is 1. The molecule has 5 atom stereocenters. The summed E-state index contributed by atoms with van der Waals surface area (Å²) in [7, 11) is -2.32. The number of nitrogens with one attached hydrogen (secondary N) is 3. The molecule has 1 saturated heterocycles. The number of nitrogens with zero attached hydrogens (tertiary/aromatic N) is 3. The first-order chi connectivity index (χ1) is 28.4. The second-order valence-corrected chi connectivity index (χ2v) is 20.5. The van der Waals surface area contributed by atoms with Crippen molar-refractivity contribution < 1.29 is 41.8 Å². The molecule has 0 bridgehead atoms. The summed E-state index contributed by atoms with van der Waals surface area (Å²) < 4.78 is 46.1. The monoisotopic (exact) mass is 864 g/mol. The summed E-state index contributed by atoms with van der Waals surface area (Å²) in [5.41, 5.74) is 0.635. The van der Waals surface area contributed by atoms with E-state index in [1.165, 1.54) is 16.2 Å². The van der Waals surface area contributed by atoms with Gasteiger partial charge in [-0.2, -0.15) is 0 Å². The highest BCUT2D eigenvalue weighted by molar-refractivity contribution is 7.91. The third-order valence-electron chi connectivity index (χ3n) is 11.5. The Morgan fingerprint density at radius 1 is 1.07 bits per heavy atom. The van der Waals surface area contributed by atoms with Crippen LogP contribution in [0.15, 0.2) is 35.7 Å². The topological polar surface area (TPSA) is 195 Å². The van der Waals surface area contributed by atoms with E-state index in [4.69, 9.17) is 24.2 Å². The first kappa shape index (κ1) is 43.3. The van der Waals surface area contributed by atoms with E-state index in [1.54, 1.807) is 27.9 Å². The van der Waals surface area contributed by atoms with Gasteiger partial charge in [0.15, 0.2) is 0 Å². The van der Waals surface area contributed by atoms with Gasteiger partial charge in [-0.05, 0) is 84.3 Å². The maximum absolute atomic E-state index is 14.7. The molecular weight excluding hydrogens is 809 g/mol. The van der Waals surface area contributed by atoms with Crippen LogP contribution in [0.2, 0.25) is 0 Å². The largest absolute Gasteiger partial charge is 0.496 e. The summed E-state index contributed by atoms with van der Waals surface area (Å²) in [6.45, 7) is 11.2. The number of hydrogen-bond donors (Lipinski definition) is 3. The number of amides is 4. The van der Waals surface area contributed by atoms with Gasteiger partial charge in [-0.15, -0.1) is 11.3 Å². The summed E-state index contributed by atoms with van der Waals surface area (Å²) in [5, 5.41) is 8.46. The maximum atomic E-state index is 14.7. The number of fused-ring (bicyclic) bond motifs is 3. The Morgan fingerprint density at radius 3 is 2.52 bits per heavy atom. The second kappa shape index (κ2) is 16.9. The zero-order chi connectivity index (χ0) is 43.1. The van der Waals surface area contributed by atoms with E-state index in [0.29, 0.717) is 65.2 Å². The Morgan fingerprint density at radius 2 is 1.83 bits per heavy atom. The molecule has 1 aromatic carbocycles. The van der Waals surface area contributed by atoms with Crippen molar-refractivity contribution in [1.82, 2.24) is 30.2 Å². The highest BCUT2D eigenvalue weighted by atomic mass is 32.2. The molecule has 4 amide bonds. The summed E-state index contributed by atoms with van der Waals surface area (Å²) in [6, 6.07) is 3.37. The molecule has 15 nitrogen and oxygen atoms in total. The van der Waals surface area contributed by atoms with E-state index in [1.807, 2.05) is 42.7 Å². The highest BCUT2D eigenvalue weighted by Crippen LogP contribution is 2.46. The molecule has 0 radical (unpaired) electrons. The molecule has 3 aromatic rings. The average molecular weight is 865 g/mol. The smallest absolute Gasteiger partial charge is 0.408 e. The van der Waals surface area contributed by atoms with Crippen LogP contribution in [0, 0.1) is 12.8 Å². The van der Waals surface area contributed by atoms with Crippen LogP contribution in [-0.2, 0) is 29.1 Å². The van der Waals surface area contributed by atoms with E-state index in [2.05, 4.69) is 29.2 Å². The number of methoxy groups -OCH3 is 1. The van der Waals surface area contributed by atoms with Gasteiger partial charge in [-0.1, -0.05) is 38.8 Å². The van der Waals surface area contributed by atoms with E-state index >= 15 is 0 Å². The molecule has 2 aliphatic heterocycles. The van der Waals surface area contributed by atoms with E-state index in [9.17, 15) is 27.6 Å². The molecule has 17 heteroatoms. The van der Waals surface area contributed by atoms with E-state index < -0.39 is 74.3 Å². The number of ether oxygens (including phenoxy) is 3. The maximum Gasteiger partial charge on any atom is 0.408 e. The Kier molecular flexibility index (Phi) is 12.2. The van der Waals surface area contributed by atoms with Crippen LogP contribution in [0.5, 0.6) is 11.5 Å². The minimum Gasteiger partial charge on any atom is -0.496 e. The third kappa shape index (κ3) is 9.41. The van der Waals surface area contributed by atoms with Gasteiger partial charge >= 0.3 is 6.09 Å². The fourth-order valence-electron chi connectivity index (χ4n) is 7.95. The van der Waals surface area contributed by atoms with Crippen LogP contribution in [0.1, 0.15) is 110 Å². The molecule has 0 spiro atoms. The quantitative estimate of drug-likeness (QED) is 0.212. The molecule has 1 unspecified atom stereocenters. The molecule has 4 heterocycles. The Bertz CT molecular complexity index is 2300. The molecule has 2 aliphatic carbocycles. The summed E-state index contributed by atoms with van der Waals surface area (Å²) in [6.07, 6.45) is 6.67. The first-order valence-electron chi connectivity index (χ1n) is 20.8. The lowest BCUT2D eigenvalue weighted by molar-refractivity contribution is -0.141. The molecule has 3 fully saturated rings. The fourth-order valence-corrected chi connectivity index (χ4v) is 10.3. The number of alkyl carbamates (subject to hydrolysis) is 1. The van der Waals surface area contributed by atoms with Crippen molar-refractivity contribution >= 4 is 56.1 Å². The number of allylic oxidation sites excluding steroid dienone is 1. The number of aromatic nitrogens is 2. The first-order valence-corrected chi connectivity index (χ1v) is 23.3. The Labute approximate surface area is 355 Å². The number of sulfonamides is 1. The lowest BCUT2D eigenvalue weighted by Gasteiger charge is -2.30.